The Morgan fingerprint density at radius 2 is 2.07 bits per heavy atom. The molecule has 0 bridgehead atoms. The lowest BCUT2D eigenvalue weighted by atomic mass is 10.1. The number of hydrogen-bond acceptors (Lipinski definition) is 8. The smallest absolute Gasteiger partial charge is 0.280 e. The second-order valence-corrected chi connectivity index (χ2v) is 5.84. The number of nitriles is 1. The van der Waals surface area contributed by atoms with Crippen LogP contribution in [0.15, 0.2) is 50.3 Å². The number of nitrogens with zero attached hydrogens (tertiary/aromatic N) is 4. The molecule has 0 aliphatic heterocycles. The zero-order valence-corrected chi connectivity index (χ0v) is 14.5. The van der Waals surface area contributed by atoms with Crippen LogP contribution in [0.3, 0.4) is 0 Å². The number of rotatable bonds is 6. The van der Waals surface area contributed by atoms with Crippen LogP contribution in [-0.2, 0) is 0 Å². The Kier molecular flexibility index (Phi) is 4.99. The molecule has 2 aromatic heterocycles. The van der Waals surface area contributed by atoms with E-state index in [1.807, 2.05) is 19.9 Å². The third kappa shape index (κ3) is 3.85. The molecule has 0 amide bonds. The van der Waals surface area contributed by atoms with E-state index in [-0.39, 0.29) is 23.2 Å². The first-order chi connectivity index (χ1) is 13.0. The Labute approximate surface area is 154 Å². The first-order valence-corrected chi connectivity index (χ1v) is 8.03. The molecule has 0 fully saturated rings. The fourth-order valence-electron chi connectivity index (χ4n) is 2.30. The number of hydrazone groups is 1. The number of nitro groups is 1. The van der Waals surface area contributed by atoms with Gasteiger partial charge in [0.15, 0.2) is 0 Å². The number of hydrogen-bond donors (Lipinski definition) is 1. The maximum absolute atomic E-state index is 11.1. The highest BCUT2D eigenvalue weighted by Gasteiger charge is 2.17. The quantitative estimate of drug-likeness (QED) is 0.392. The van der Waals surface area contributed by atoms with Crippen LogP contribution in [0.4, 0.5) is 11.6 Å². The van der Waals surface area contributed by atoms with Crippen molar-refractivity contribution in [1.29, 1.82) is 5.26 Å². The summed E-state index contributed by atoms with van der Waals surface area (Å²) >= 11 is 0. The maximum Gasteiger partial charge on any atom is 0.280 e. The molecule has 0 aliphatic carbocycles. The van der Waals surface area contributed by atoms with Crippen LogP contribution in [0.2, 0.25) is 0 Å². The van der Waals surface area contributed by atoms with Gasteiger partial charge < -0.3 is 8.83 Å². The SMILES string of the molecule is CC(C)c1nc(C#N)c(NN=Cc2ccc(-c3ccccc3[N+](=O)[O-])o2)o1. The van der Waals surface area contributed by atoms with E-state index in [1.165, 1.54) is 12.3 Å². The number of benzene rings is 1. The molecule has 0 saturated carbocycles. The van der Waals surface area contributed by atoms with Gasteiger partial charge >= 0.3 is 0 Å². The van der Waals surface area contributed by atoms with Gasteiger partial charge in [0.2, 0.25) is 11.6 Å². The van der Waals surface area contributed by atoms with E-state index >= 15 is 0 Å². The summed E-state index contributed by atoms with van der Waals surface area (Å²) in [4.78, 5) is 14.7. The Morgan fingerprint density at radius 3 is 2.78 bits per heavy atom. The van der Waals surface area contributed by atoms with E-state index < -0.39 is 4.92 Å². The van der Waals surface area contributed by atoms with Crippen LogP contribution < -0.4 is 5.43 Å². The van der Waals surface area contributed by atoms with Crippen molar-refractivity contribution in [3.63, 3.8) is 0 Å². The molecule has 27 heavy (non-hydrogen) atoms. The number of aromatic nitrogens is 1. The van der Waals surface area contributed by atoms with E-state index in [2.05, 4.69) is 15.5 Å². The normalized spacial score (nSPS) is 11.0. The molecular formula is C18H15N5O4. The topological polar surface area (TPSA) is 130 Å². The molecule has 0 radical (unpaired) electrons. The molecule has 1 aromatic carbocycles. The lowest BCUT2D eigenvalue weighted by Gasteiger charge is -1.98. The van der Waals surface area contributed by atoms with Crippen LogP contribution >= 0.6 is 0 Å². The molecule has 3 aromatic rings. The summed E-state index contributed by atoms with van der Waals surface area (Å²) in [7, 11) is 0. The number of para-hydroxylation sites is 1. The molecule has 2 heterocycles. The molecule has 0 aliphatic rings. The Balaban J connectivity index is 1.77. The van der Waals surface area contributed by atoms with E-state index in [0.29, 0.717) is 23.0 Å². The van der Waals surface area contributed by atoms with Crippen molar-refractivity contribution >= 4 is 17.8 Å². The molecule has 9 nitrogen and oxygen atoms in total. The summed E-state index contributed by atoms with van der Waals surface area (Å²) in [6, 6.07) is 11.5. The molecule has 136 valence electrons. The largest absolute Gasteiger partial charge is 0.455 e. The zero-order valence-electron chi connectivity index (χ0n) is 14.5. The average molecular weight is 365 g/mol. The summed E-state index contributed by atoms with van der Waals surface area (Å²) in [6.45, 7) is 3.79. The first kappa shape index (κ1) is 17.9. The van der Waals surface area contributed by atoms with E-state index in [1.54, 1.807) is 30.3 Å². The Morgan fingerprint density at radius 1 is 1.30 bits per heavy atom. The van der Waals surface area contributed by atoms with Crippen molar-refractivity contribution < 1.29 is 13.8 Å². The van der Waals surface area contributed by atoms with Crippen molar-refractivity contribution in [2.24, 2.45) is 5.10 Å². The highest BCUT2D eigenvalue weighted by Crippen LogP contribution is 2.30. The molecule has 9 heteroatoms. The van der Waals surface area contributed by atoms with Gasteiger partial charge in [-0.1, -0.05) is 26.0 Å². The van der Waals surface area contributed by atoms with Gasteiger partial charge in [-0.25, -0.2) is 10.4 Å². The molecule has 0 saturated heterocycles. The van der Waals surface area contributed by atoms with Crippen LogP contribution in [-0.4, -0.2) is 16.1 Å². The van der Waals surface area contributed by atoms with Crippen molar-refractivity contribution in [3.05, 3.63) is 63.9 Å². The van der Waals surface area contributed by atoms with Crippen LogP contribution in [0, 0.1) is 21.4 Å². The van der Waals surface area contributed by atoms with Gasteiger partial charge in [0, 0.05) is 12.0 Å². The fourth-order valence-corrected chi connectivity index (χ4v) is 2.30. The van der Waals surface area contributed by atoms with Gasteiger partial charge in [0.05, 0.1) is 16.7 Å². The van der Waals surface area contributed by atoms with Crippen molar-refractivity contribution in [1.82, 2.24) is 4.98 Å². The molecule has 0 spiro atoms. The zero-order chi connectivity index (χ0) is 19.4. The summed E-state index contributed by atoms with van der Waals surface area (Å²) in [5, 5.41) is 24.2. The third-order valence-corrected chi connectivity index (χ3v) is 3.59. The van der Waals surface area contributed by atoms with Crippen LogP contribution in [0.1, 0.15) is 37.1 Å². The standard InChI is InChI=1S/C18H15N5O4/c1-11(2)17-21-14(9-19)18(27-17)22-20-10-12-7-8-16(26-12)13-5-3-4-6-15(13)23(24)25/h3-8,10-11,22H,1-2H3. The lowest BCUT2D eigenvalue weighted by Crippen LogP contribution is -1.91. The average Bonchev–Trinajstić information content (AvgIpc) is 3.29. The minimum absolute atomic E-state index is 0.0333. The Hall–Kier alpha value is -3.93. The number of furan rings is 1. The van der Waals surface area contributed by atoms with E-state index in [9.17, 15) is 10.1 Å². The maximum atomic E-state index is 11.1. The van der Waals surface area contributed by atoms with Gasteiger partial charge in [-0.15, -0.1) is 0 Å². The van der Waals surface area contributed by atoms with Crippen molar-refractivity contribution in [2.75, 3.05) is 5.43 Å². The van der Waals surface area contributed by atoms with E-state index in [4.69, 9.17) is 14.1 Å². The molecule has 0 atom stereocenters. The second-order valence-electron chi connectivity index (χ2n) is 5.84. The van der Waals surface area contributed by atoms with E-state index in [0.717, 1.165) is 0 Å². The fraction of sp³-hybridized carbons (Fsp3) is 0.167. The van der Waals surface area contributed by atoms with Crippen LogP contribution in [0.5, 0.6) is 0 Å². The monoisotopic (exact) mass is 365 g/mol. The Bertz CT molecular complexity index is 1040. The summed E-state index contributed by atoms with van der Waals surface area (Å²) in [5.74, 6) is 1.33. The predicted molar refractivity (Wildman–Crippen MR) is 97.3 cm³/mol. The second kappa shape index (κ2) is 7.53. The third-order valence-electron chi connectivity index (χ3n) is 3.59. The van der Waals surface area contributed by atoms with Crippen molar-refractivity contribution in [2.45, 2.75) is 19.8 Å². The molecule has 0 unspecified atom stereocenters. The number of nitrogens with one attached hydrogen (secondary N) is 1. The first-order valence-electron chi connectivity index (χ1n) is 8.03. The molecule has 1 N–H and O–H groups in total. The van der Waals surface area contributed by atoms with Gasteiger partial charge in [-0.05, 0) is 18.2 Å². The minimum Gasteiger partial charge on any atom is -0.455 e. The molecule has 3 rings (SSSR count). The highest BCUT2D eigenvalue weighted by atomic mass is 16.6. The summed E-state index contributed by atoms with van der Waals surface area (Å²) in [6.07, 6.45) is 1.37. The summed E-state index contributed by atoms with van der Waals surface area (Å²) in [5.41, 5.74) is 3.05. The lowest BCUT2D eigenvalue weighted by molar-refractivity contribution is -0.384. The minimum atomic E-state index is -0.465. The van der Waals surface area contributed by atoms with Gasteiger partial charge in [0.25, 0.3) is 11.6 Å². The summed E-state index contributed by atoms with van der Waals surface area (Å²) < 4.78 is 11.1. The number of oxazole rings is 1. The highest BCUT2D eigenvalue weighted by molar-refractivity contribution is 5.79. The predicted octanol–water partition coefficient (Wildman–Crippen LogP) is 4.28. The van der Waals surface area contributed by atoms with Gasteiger partial charge in [-0.3, -0.25) is 10.1 Å². The van der Waals surface area contributed by atoms with Crippen LogP contribution in [0.25, 0.3) is 11.3 Å². The van der Waals surface area contributed by atoms with Crippen molar-refractivity contribution in [3.8, 4) is 17.4 Å². The number of anilines is 1. The number of nitro benzene ring substituents is 1. The van der Waals surface area contributed by atoms with Gasteiger partial charge in [-0.2, -0.15) is 10.4 Å². The molecular weight excluding hydrogens is 350 g/mol. The van der Waals surface area contributed by atoms with Gasteiger partial charge in [0.1, 0.15) is 17.6 Å².